The number of rotatable bonds is 3. The SMILES string of the molecule is O=C(Nc1ccccc1I)c1ccccc1[N+](=O)[O-]. The normalized spacial score (nSPS) is 9.95. The molecule has 0 aliphatic rings. The smallest absolute Gasteiger partial charge is 0.282 e. The fourth-order valence-corrected chi connectivity index (χ4v) is 2.10. The van der Waals surface area contributed by atoms with Crippen molar-refractivity contribution in [3.05, 3.63) is 67.8 Å². The lowest BCUT2D eigenvalue weighted by atomic mass is 10.1. The standard InChI is InChI=1S/C13H9IN2O3/c14-10-6-2-3-7-11(10)15-13(17)9-5-1-4-8-12(9)16(18)19/h1-8H,(H,15,17). The molecule has 0 saturated carbocycles. The van der Waals surface area contributed by atoms with E-state index in [1.165, 1.54) is 18.2 Å². The first kappa shape index (κ1) is 13.5. The van der Waals surface area contributed by atoms with Gasteiger partial charge in [-0.05, 0) is 40.8 Å². The maximum Gasteiger partial charge on any atom is 0.282 e. The number of para-hydroxylation sites is 2. The number of nitrogens with one attached hydrogen (secondary N) is 1. The van der Waals surface area contributed by atoms with Crippen LogP contribution in [0, 0.1) is 13.7 Å². The van der Waals surface area contributed by atoms with Crippen molar-refractivity contribution in [2.45, 2.75) is 0 Å². The first-order valence-electron chi connectivity index (χ1n) is 5.39. The predicted octanol–water partition coefficient (Wildman–Crippen LogP) is 3.45. The van der Waals surface area contributed by atoms with Crippen LogP contribution < -0.4 is 5.32 Å². The van der Waals surface area contributed by atoms with Crippen LogP contribution in [0.2, 0.25) is 0 Å². The molecule has 0 fully saturated rings. The minimum atomic E-state index is -0.565. The lowest BCUT2D eigenvalue weighted by Gasteiger charge is -2.07. The third-order valence-corrected chi connectivity index (χ3v) is 3.41. The molecule has 0 aliphatic carbocycles. The Morgan fingerprint density at radius 2 is 1.74 bits per heavy atom. The summed E-state index contributed by atoms with van der Waals surface area (Å²) in [6.07, 6.45) is 0. The van der Waals surface area contributed by atoms with Crippen LogP contribution in [-0.4, -0.2) is 10.8 Å². The lowest BCUT2D eigenvalue weighted by Crippen LogP contribution is -2.14. The van der Waals surface area contributed by atoms with Gasteiger partial charge >= 0.3 is 0 Å². The Balaban J connectivity index is 2.31. The Kier molecular flexibility index (Phi) is 4.10. The number of anilines is 1. The summed E-state index contributed by atoms with van der Waals surface area (Å²) in [6.45, 7) is 0. The van der Waals surface area contributed by atoms with Crippen LogP contribution in [0.5, 0.6) is 0 Å². The zero-order chi connectivity index (χ0) is 13.8. The largest absolute Gasteiger partial charge is 0.321 e. The summed E-state index contributed by atoms with van der Waals surface area (Å²) in [7, 11) is 0. The van der Waals surface area contributed by atoms with Crippen LogP contribution in [-0.2, 0) is 0 Å². The van der Waals surface area contributed by atoms with E-state index >= 15 is 0 Å². The Labute approximate surface area is 122 Å². The van der Waals surface area contributed by atoms with E-state index in [4.69, 9.17) is 0 Å². The van der Waals surface area contributed by atoms with Crippen molar-refractivity contribution in [1.29, 1.82) is 0 Å². The lowest BCUT2D eigenvalue weighted by molar-refractivity contribution is -0.385. The molecule has 0 aliphatic heterocycles. The summed E-state index contributed by atoms with van der Waals surface area (Å²) in [5.41, 5.74) is 0.476. The van der Waals surface area contributed by atoms with E-state index in [0.29, 0.717) is 5.69 Å². The molecule has 2 aromatic carbocycles. The second kappa shape index (κ2) is 5.79. The molecule has 0 unspecified atom stereocenters. The van der Waals surface area contributed by atoms with Crippen molar-refractivity contribution in [3.8, 4) is 0 Å². The third-order valence-electron chi connectivity index (χ3n) is 2.47. The first-order chi connectivity index (χ1) is 9.09. The Morgan fingerprint density at radius 1 is 1.11 bits per heavy atom. The molecular weight excluding hydrogens is 359 g/mol. The summed E-state index contributed by atoms with van der Waals surface area (Å²) < 4.78 is 0.868. The first-order valence-corrected chi connectivity index (χ1v) is 6.47. The van der Waals surface area contributed by atoms with Gasteiger partial charge in [-0.25, -0.2) is 0 Å². The van der Waals surface area contributed by atoms with Gasteiger partial charge in [0.25, 0.3) is 11.6 Å². The minimum absolute atomic E-state index is 0.0483. The van der Waals surface area contributed by atoms with Crippen molar-refractivity contribution in [3.63, 3.8) is 0 Å². The van der Waals surface area contributed by atoms with Gasteiger partial charge in [-0.1, -0.05) is 24.3 Å². The second-order valence-electron chi connectivity index (χ2n) is 3.71. The molecule has 0 aromatic heterocycles. The maximum absolute atomic E-state index is 12.1. The van der Waals surface area contributed by atoms with Crippen LogP contribution in [0.3, 0.4) is 0 Å². The fourth-order valence-electron chi connectivity index (χ4n) is 1.58. The molecule has 0 atom stereocenters. The highest BCUT2D eigenvalue weighted by atomic mass is 127. The number of nitro groups is 1. The number of carbonyl (C=O) groups is 1. The molecule has 0 heterocycles. The van der Waals surface area contributed by atoms with E-state index in [2.05, 4.69) is 27.9 Å². The number of hydrogen-bond acceptors (Lipinski definition) is 3. The predicted molar refractivity (Wildman–Crippen MR) is 80.2 cm³/mol. The van der Waals surface area contributed by atoms with Crippen LogP contribution in [0.25, 0.3) is 0 Å². The van der Waals surface area contributed by atoms with Crippen molar-refractivity contribution in [2.75, 3.05) is 5.32 Å². The van der Waals surface area contributed by atoms with Gasteiger partial charge in [0.1, 0.15) is 5.56 Å². The molecule has 0 bridgehead atoms. The Bertz CT molecular complexity index is 643. The van der Waals surface area contributed by atoms with Crippen LogP contribution in [0.4, 0.5) is 11.4 Å². The van der Waals surface area contributed by atoms with Crippen LogP contribution in [0.1, 0.15) is 10.4 Å². The van der Waals surface area contributed by atoms with Gasteiger partial charge in [0, 0.05) is 9.64 Å². The van der Waals surface area contributed by atoms with E-state index in [0.717, 1.165) is 3.57 Å². The summed E-state index contributed by atoms with van der Waals surface area (Å²) in [5, 5.41) is 13.5. The summed E-state index contributed by atoms with van der Waals surface area (Å²) in [4.78, 5) is 22.4. The molecule has 2 rings (SSSR count). The summed E-state index contributed by atoms with van der Waals surface area (Å²) in [6, 6.07) is 13.1. The Hall–Kier alpha value is -1.96. The zero-order valence-corrected chi connectivity index (χ0v) is 11.8. The number of nitrogens with zero attached hydrogens (tertiary/aromatic N) is 1. The van der Waals surface area contributed by atoms with Crippen LogP contribution >= 0.6 is 22.6 Å². The molecule has 0 saturated heterocycles. The molecular formula is C13H9IN2O3. The summed E-state index contributed by atoms with van der Waals surface area (Å²) in [5.74, 6) is -0.489. The van der Waals surface area contributed by atoms with Gasteiger partial charge in [-0.2, -0.15) is 0 Å². The molecule has 19 heavy (non-hydrogen) atoms. The quantitative estimate of drug-likeness (QED) is 0.513. The Morgan fingerprint density at radius 3 is 2.42 bits per heavy atom. The topological polar surface area (TPSA) is 72.2 Å². The van der Waals surface area contributed by atoms with Gasteiger partial charge in [0.15, 0.2) is 0 Å². The summed E-state index contributed by atoms with van der Waals surface area (Å²) >= 11 is 2.09. The van der Waals surface area contributed by atoms with E-state index in [1.54, 1.807) is 18.2 Å². The highest BCUT2D eigenvalue weighted by molar-refractivity contribution is 14.1. The van der Waals surface area contributed by atoms with E-state index < -0.39 is 10.8 Å². The molecule has 1 N–H and O–H groups in total. The number of benzene rings is 2. The average Bonchev–Trinajstić information content (AvgIpc) is 2.41. The zero-order valence-electron chi connectivity index (χ0n) is 9.67. The minimum Gasteiger partial charge on any atom is -0.321 e. The molecule has 2 aromatic rings. The number of carbonyl (C=O) groups excluding carboxylic acids is 1. The molecule has 5 nitrogen and oxygen atoms in total. The number of amides is 1. The average molecular weight is 368 g/mol. The van der Waals surface area contributed by atoms with Gasteiger partial charge in [-0.15, -0.1) is 0 Å². The monoisotopic (exact) mass is 368 g/mol. The molecule has 1 amide bonds. The van der Waals surface area contributed by atoms with Crippen molar-refractivity contribution < 1.29 is 9.72 Å². The van der Waals surface area contributed by atoms with Crippen molar-refractivity contribution >= 4 is 39.9 Å². The van der Waals surface area contributed by atoms with Gasteiger partial charge in [0.05, 0.1) is 10.6 Å². The van der Waals surface area contributed by atoms with Crippen molar-refractivity contribution in [2.24, 2.45) is 0 Å². The number of halogens is 1. The third kappa shape index (κ3) is 3.08. The van der Waals surface area contributed by atoms with E-state index in [1.807, 2.05) is 12.1 Å². The van der Waals surface area contributed by atoms with E-state index in [9.17, 15) is 14.9 Å². The maximum atomic E-state index is 12.1. The highest BCUT2D eigenvalue weighted by Crippen LogP contribution is 2.21. The molecule has 0 radical (unpaired) electrons. The highest BCUT2D eigenvalue weighted by Gasteiger charge is 2.19. The molecule has 6 heteroatoms. The number of nitro benzene ring substituents is 1. The van der Waals surface area contributed by atoms with Crippen molar-refractivity contribution in [1.82, 2.24) is 0 Å². The number of hydrogen-bond donors (Lipinski definition) is 1. The molecule has 96 valence electrons. The van der Waals surface area contributed by atoms with Crippen LogP contribution in [0.15, 0.2) is 48.5 Å². The van der Waals surface area contributed by atoms with Gasteiger partial charge < -0.3 is 5.32 Å². The molecule has 0 spiro atoms. The fraction of sp³-hybridized carbons (Fsp3) is 0. The van der Waals surface area contributed by atoms with E-state index in [-0.39, 0.29) is 11.3 Å². The second-order valence-corrected chi connectivity index (χ2v) is 4.87. The van der Waals surface area contributed by atoms with Gasteiger partial charge in [-0.3, -0.25) is 14.9 Å². The van der Waals surface area contributed by atoms with Gasteiger partial charge in [0.2, 0.25) is 0 Å².